The van der Waals surface area contributed by atoms with Gasteiger partial charge in [0.05, 0.1) is 7.11 Å². The van der Waals surface area contributed by atoms with E-state index >= 15 is 0 Å². The van der Waals surface area contributed by atoms with Gasteiger partial charge in [0, 0.05) is 10.9 Å². The predicted octanol–water partition coefficient (Wildman–Crippen LogP) is 3.27. The molecule has 1 fully saturated rings. The molecule has 2 rings (SSSR count). The van der Waals surface area contributed by atoms with Gasteiger partial charge >= 0.3 is 0 Å². The molecule has 0 spiro atoms. The summed E-state index contributed by atoms with van der Waals surface area (Å²) < 4.78 is 18.8. The molecule has 1 aliphatic carbocycles. The van der Waals surface area contributed by atoms with Crippen molar-refractivity contribution in [2.75, 3.05) is 7.11 Å². The van der Waals surface area contributed by atoms with E-state index < -0.39 is 11.7 Å². The van der Waals surface area contributed by atoms with Crippen molar-refractivity contribution in [3.8, 4) is 5.75 Å². The Morgan fingerprint density at radius 1 is 1.37 bits per heavy atom. The van der Waals surface area contributed by atoms with Crippen LogP contribution >= 0.6 is 15.9 Å². The molecule has 5 heteroatoms. The third-order valence-electron chi connectivity index (χ3n) is 3.41. The number of nitrogens with one attached hydrogen (secondary N) is 1. The molecular weight excluding hydrogens is 313 g/mol. The number of alkyl halides is 1. The monoisotopic (exact) mass is 329 g/mol. The lowest BCUT2D eigenvalue weighted by Gasteiger charge is -2.26. The number of methoxy groups -OCH3 is 1. The maximum atomic E-state index is 13.8. The number of carbonyl (C=O) groups is 1. The molecule has 0 radical (unpaired) electrons. The summed E-state index contributed by atoms with van der Waals surface area (Å²) >= 11 is 3.57. The van der Waals surface area contributed by atoms with Gasteiger partial charge in [-0.05, 0) is 37.8 Å². The zero-order chi connectivity index (χ0) is 13.8. The SMILES string of the molecule is COc1cccc(F)c1C(=O)NC1CCC(Br)CC1. The standard InChI is InChI=1S/C14H17BrFNO2/c1-19-12-4-2-3-11(16)13(12)14(18)17-10-7-5-9(15)6-8-10/h2-4,9-10H,5-8H2,1H3,(H,17,18). The van der Waals surface area contributed by atoms with Crippen molar-refractivity contribution in [1.29, 1.82) is 0 Å². The van der Waals surface area contributed by atoms with Gasteiger partial charge in [0.2, 0.25) is 0 Å². The van der Waals surface area contributed by atoms with Crippen LogP contribution in [0.4, 0.5) is 4.39 Å². The zero-order valence-electron chi connectivity index (χ0n) is 10.8. The van der Waals surface area contributed by atoms with Crippen molar-refractivity contribution in [2.24, 2.45) is 0 Å². The Balaban J connectivity index is 2.08. The van der Waals surface area contributed by atoms with E-state index in [-0.39, 0.29) is 17.4 Å². The molecule has 0 aliphatic heterocycles. The summed E-state index contributed by atoms with van der Waals surface area (Å²) in [6, 6.07) is 4.51. The molecule has 1 amide bonds. The highest BCUT2D eigenvalue weighted by atomic mass is 79.9. The minimum atomic E-state index is -0.550. The van der Waals surface area contributed by atoms with E-state index in [0.29, 0.717) is 4.83 Å². The van der Waals surface area contributed by atoms with Crippen molar-refractivity contribution < 1.29 is 13.9 Å². The van der Waals surface area contributed by atoms with Gasteiger partial charge in [-0.3, -0.25) is 4.79 Å². The summed E-state index contributed by atoms with van der Waals surface area (Å²) in [5.74, 6) is -0.675. The number of hydrogen-bond acceptors (Lipinski definition) is 2. The van der Waals surface area contributed by atoms with Crippen molar-refractivity contribution in [1.82, 2.24) is 5.32 Å². The smallest absolute Gasteiger partial charge is 0.258 e. The lowest BCUT2D eigenvalue weighted by Crippen LogP contribution is -2.38. The van der Waals surface area contributed by atoms with Gasteiger partial charge in [0.1, 0.15) is 17.1 Å². The van der Waals surface area contributed by atoms with Crippen LogP contribution in [0.15, 0.2) is 18.2 Å². The fourth-order valence-electron chi connectivity index (χ4n) is 2.35. The first kappa shape index (κ1) is 14.3. The molecule has 0 saturated heterocycles. The van der Waals surface area contributed by atoms with E-state index in [1.54, 1.807) is 6.07 Å². The molecule has 3 nitrogen and oxygen atoms in total. The summed E-state index contributed by atoms with van der Waals surface area (Å²) in [5, 5.41) is 2.89. The zero-order valence-corrected chi connectivity index (χ0v) is 12.4. The molecule has 1 N–H and O–H groups in total. The molecule has 1 saturated carbocycles. The van der Waals surface area contributed by atoms with Gasteiger partial charge in [-0.2, -0.15) is 0 Å². The minimum Gasteiger partial charge on any atom is -0.496 e. The van der Waals surface area contributed by atoms with Crippen LogP contribution in [-0.4, -0.2) is 23.9 Å². The highest BCUT2D eigenvalue weighted by molar-refractivity contribution is 9.09. The van der Waals surface area contributed by atoms with Crippen LogP contribution in [0.1, 0.15) is 36.0 Å². The number of amides is 1. The maximum absolute atomic E-state index is 13.8. The summed E-state index contributed by atoms with van der Waals surface area (Å²) in [7, 11) is 1.43. The summed E-state index contributed by atoms with van der Waals surface area (Å²) in [4.78, 5) is 12.7. The van der Waals surface area contributed by atoms with Crippen molar-refractivity contribution in [3.05, 3.63) is 29.6 Å². The highest BCUT2D eigenvalue weighted by Crippen LogP contribution is 2.26. The van der Waals surface area contributed by atoms with Crippen LogP contribution < -0.4 is 10.1 Å². The molecule has 104 valence electrons. The summed E-state index contributed by atoms with van der Waals surface area (Å²) in [6.45, 7) is 0. The van der Waals surface area contributed by atoms with Crippen molar-refractivity contribution >= 4 is 21.8 Å². The van der Waals surface area contributed by atoms with Crippen molar-refractivity contribution in [2.45, 2.75) is 36.6 Å². The minimum absolute atomic E-state index is 0.00837. The lowest BCUT2D eigenvalue weighted by molar-refractivity contribution is 0.0921. The molecule has 1 aliphatic rings. The van der Waals surface area contributed by atoms with Crippen molar-refractivity contribution in [3.63, 3.8) is 0 Å². The number of hydrogen-bond donors (Lipinski definition) is 1. The second-order valence-corrected chi connectivity index (χ2v) is 6.03. The van der Waals surface area contributed by atoms with E-state index in [9.17, 15) is 9.18 Å². The van der Waals surface area contributed by atoms with Crippen LogP contribution in [-0.2, 0) is 0 Å². The third kappa shape index (κ3) is 3.47. The van der Waals surface area contributed by atoms with Crippen LogP contribution in [0.3, 0.4) is 0 Å². The Morgan fingerprint density at radius 3 is 2.68 bits per heavy atom. The van der Waals surface area contributed by atoms with Gasteiger partial charge in [0.25, 0.3) is 5.91 Å². The first-order chi connectivity index (χ1) is 9.11. The first-order valence-corrected chi connectivity index (χ1v) is 7.31. The Labute approximate surface area is 120 Å². The van der Waals surface area contributed by atoms with Gasteiger partial charge < -0.3 is 10.1 Å². The quantitative estimate of drug-likeness (QED) is 0.864. The van der Waals surface area contributed by atoms with E-state index in [0.717, 1.165) is 25.7 Å². The van der Waals surface area contributed by atoms with Gasteiger partial charge in [-0.15, -0.1) is 0 Å². The van der Waals surface area contributed by atoms with E-state index in [4.69, 9.17) is 4.74 Å². The van der Waals surface area contributed by atoms with Gasteiger partial charge in [-0.25, -0.2) is 4.39 Å². The average molecular weight is 330 g/mol. The second-order valence-electron chi connectivity index (χ2n) is 4.74. The van der Waals surface area contributed by atoms with Gasteiger partial charge in [-0.1, -0.05) is 22.0 Å². The molecule has 0 unspecified atom stereocenters. The molecule has 1 aromatic rings. The van der Waals surface area contributed by atoms with Crippen LogP contribution in [0.2, 0.25) is 0 Å². The van der Waals surface area contributed by atoms with Gasteiger partial charge in [0.15, 0.2) is 0 Å². The maximum Gasteiger partial charge on any atom is 0.258 e. The Hall–Kier alpha value is -1.10. The fraction of sp³-hybridized carbons (Fsp3) is 0.500. The molecular formula is C14H17BrFNO2. The molecule has 0 atom stereocenters. The molecule has 0 aromatic heterocycles. The topological polar surface area (TPSA) is 38.3 Å². The lowest BCUT2D eigenvalue weighted by atomic mass is 9.95. The second kappa shape index (κ2) is 6.37. The number of benzene rings is 1. The normalized spacial score (nSPS) is 22.9. The van der Waals surface area contributed by atoms with E-state index in [1.807, 2.05) is 0 Å². The number of halogens is 2. The number of rotatable bonds is 3. The predicted molar refractivity (Wildman–Crippen MR) is 75.4 cm³/mol. The Kier molecular flexibility index (Phi) is 4.80. The average Bonchev–Trinajstić information content (AvgIpc) is 2.40. The Bertz CT molecular complexity index is 459. The molecule has 19 heavy (non-hydrogen) atoms. The summed E-state index contributed by atoms with van der Waals surface area (Å²) in [6.07, 6.45) is 3.88. The molecule has 0 bridgehead atoms. The number of ether oxygens (including phenoxy) is 1. The number of carbonyl (C=O) groups excluding carboxylic acids is 1. The largest absolute Gasteiger partial charge is 0.496 e. The van der Waals surface area contributed by atoms with Crippen LogP contribution in [0.5, 0.6) is 5.75 Å². The van der Waals surface area contributed by atoms with E-state index in [2.05, 4.69) is 21.2 Å². The van der Waals surface area contributed by atoms with Crippen LogP contribution in [0.25, 0.3) is 0 Å². The van der Waals surface area contributed by atoms with Crippen LogP contribution in [0, 0.1) is 5.82 Å². The fourth-order valence-corrected chi connectivity index (χ4v) is 2.88. The molecule has 0 heterocycles. The highest BCUT2D eigenvalue weighted by Gasteiger charge is 2.24. The molecule has 1 aromatic carbocycles. The first-order valence-electron chi connectivity index (χ1n) is 6.39. The Morgan fingerprint density at radius 2 is 2.05 bits per heavy atom. The summed E-state index contributed by atoms with van der Waals surface area (Å²) in [5.41, 5.74) is -0.00837. The third-order valence-corrected chi connectivity index (χ3v) is 4.33. The van der Waals surface area contributed by atoms with E-state index in [1.165, 1.54) is 19.2 Å².